The summed E-state index contributed by atoms with van der Waals surface area (Å²) >= 11 is 0. The second-order valence-electron chi connectivity index (χ2n) is 28.4. The number of halogens is 1. The average molecular weight is 1310 g/mol. The molecule has 19 heteroatoms. The normalized spacial score (nSPS) is 16.0. The largest absolute Gasteiger partial charge is 0.371 e. The molecule has 6 aliphatic heterocycles. The van der Waals surface area contributed by atoms with Crippen molar-refractivity contribution in [3.63, 3.8) is 0 Å². The molecule has 0 atom stereocenters. The summed E-state index contributed by atoms with van der Waals surface area (Å²) in [5, 5.41) is 39.5. The number of fused-ring (bicyclic) bond motifs is 15. The number of imidazole rings is 1. The number of benzene rings is 6. The first kappa shape index (κ1) is 61.4. The number of rotatable bonds is 9. The molecule has 12 heterocycles. The van der Waals surface area contributed by atoms with Crippen LogP contribution < -0.4 is 14.7 Å². The van der Waals surface area contributed by atoms with Crippen molar-refractivity contribution in [2.24, 2.45) is 11.3 Å². The van der Waals surface area contributed by atoms with E-state index in [1.165, 1.54) is 116 Å². The molecule has 0 amide bonds. The number of aromatic nitrogens is 12. The van der Waals surface area contributed by atoms with Crippen molar-refractivity contribution in [2.75, 3.05) is 68.1 Å². The maximum absolute atomic E-state index is 13.4. The zero-order valence-corrected chi connectivity index (χ0v) is 56.3. The summed E-state index contributed by atoms with van der Waals surface area (Å²) in [5.41, 5.74) is 23.7. The molecule has 4 fully saturated rings. The fourth-order valence-corrected chi connectivity index (χ4v) is 16.4. The summed E-state index contributed by atoms with van der Waals surface area (Å²) < 4.78 is 26.4. The van der Waals surface area contributed by atoms with Gasteiger partial charge in [-0.05, 0) is 212 Å². The Morgan fingerprint density at radius 1 is 0.566 bits per heavy atom. The van der Waals surface area contributed by atoms with Crippen LogP contribution in [0.1, 0.15) is 91.8 Å². The maximum Gasteiger partial charge on any atom is 0.203 e. The average Bonchev–Trinajstić information content (AvgIpc) is 1.67. The van der Waals surface area contributed by atoms with Crippen LogP contribution in [0.3, 0.4) is 0 Å². The maximum atomic E-state index is 13.4. The van der Waals surface area contributed by atoms with Gasteiger partial charge < -0.3 is 33.3 Å². The van der Waals surface area contributed by atoms with E-state index < -0.39 is 0 Å². The van der Waals surface area contributed by atoms with Gasteiger partial charge in [-0.25, -0.2) is 9.37 Å². The number of tetrazole rings is 1. The van der Waals surface area contributed by atoms with Crippen molar-refractivity contribution >= 4 is 17.1 Å². The highest BCUT2D eigenvalue weighted by Crippen LogP contribution is 2.48. The van der Waals surface area contributed by atoms with Crippen molar-refractivity contribution < 1.29 is 4.39 Å². The van der Waals surface area contributed by atoms with Gasteiger partial charge in [0.2, 0.25) is 5.82 Å². The standard InChI is InChI=1S/C29H30N6.C27H24N6.C24H23FN6/c1-20-17-31-29-28-15-23(22-6-4-21(16-30)5-7-22)18-34(28)19-24-14-26(8-9-27(24)35(20)29)33-12-10-25(11-13-33)32(2)3;28-13-19-3-5-20(6-4-19)21-12-25-26-30-29-18-33(26)24-8-7-23(11-22(24)15-31(25)14-21)32-16-27(17-32)9-1-2-10-27;1-2-3-16-12-29(13-16)21-8-9-22-19(10-21)15-30-14-18(17-4-6-20(25)7-5-17)11-23(30)24-26-27-28-31(22)24/h4-9,14-15,17-18,25H,10-13,19H2,1-3H3;3-8,11-12,14,18H,1-2,9-10,15-17H2;4-11,14,16H,2-3,12-13,15H2,1H3. The highest BCUT2D eigenvalue weighted by atomic mass is 19.1. The molecule has 1 spiro atoms. The summed E-state index contributed by atoms with van der Waals surface area (Å²) in [6.07, 6.45) is 20.8. The predicted octanol–water partition coefficient (Wildman–Crippen LogP) is 14.6. The van der Waals surface area contributed by atoms with E-state index in [2.05, 4.69) is 200 Å². The van der Waals surface area contributed by atoms with Gasteiger partial charge in [-0.1, -0.05) is 62.6 Å². The zero-order valence-electron chi connectivity index (χ0n) is 56.3. The summed E-state index contributed by atoms with van der Waals surface area (Å²) in [5.74, 6) is 3.12. The number of aryl methyl sites for hydroxylation is 1. The number of anilines is 3. The number of hydrogen-bond donors (Lipinski definition) is 0. The number of nitrogens with zero attached hydrogens (tertiary/aromatic N) is 18. The molecule has 7 aliphatic rings. The first-order valence-electron chi connectivity index (χ1n) is 34.8. The van der Waals surface area contributed by atoms with Crippen LogP contribution in [0.5, 0.6) is 0 Å². The van der Waals surface area contributed by atoms with Crippen LogP contribution in [0.2, 0.25) is 0 Å². The van der Waals surface area contributed by atoms with E-state index >= 15 is 0 Å². The lowest BCUT2D eigenvalue weighted by atomic mass is 9.78. The Kier molecular flexibility index (Phi) is 15.5. The fourth-order valence-electron chi connectivity index (χ4n) is 16.4. The van der Waals surface area contributed by atoms with Gasteiger partial charge in [0, 0.05) is 135 Å². The van der Waals surface area contributed by atoms with E-state index in [4.69, 9.17) is 15.5 Å². The molecule has 0 N–H and O–H groups in total. The topological polar surface area (TPSA) is 167 Å². The van der Waals surface area contributed by atoms with Gasteiger partial charge in [0.15, 0.2) is 11.6 Å². The zero-order chi connectivity index (χ0) is 67.0. The first-order chi connectivity index (χ1) is 48.4. The second kappa shape index (κ2) is 25.1. The molecule has 0 bridgehead atoms. The smallest absolute Gasteiger partial charge is 0.203 e. The van der Waals surface area contributed by atoms with Crippen molar-refractivity contribution in [2.45, 2.75) is 90.9 Å². The molecule has 19 rings (SSSR count). The lowest BCUT2D eigenvalue weighted by Gasteiger charge is -2.50. The second-order valence-corrected chi connectivity index (χ2v) is 28.4. The quantitative estimate of drug-likeness (QED) is 0.134. The number of hydrogen-bond acceptors (Lipinski definition) is 12. The van der Waals surface area contributed by atoms with Gasteiger partial charge in [-0.15, -0.1) is 15.3 Å². The highest BCUT2D eigenvalue weighted by molar-refractivity contribution is 5.76. The van der Waals surface area contributed by atoms with Crippen LogP contribution in [-0.2, 0) is 19.6 Å². The third-order valence-electron chi connectivity index (χ3n) is 21.8. The summed E-state index contributed by atoms with van der Waals surface area (Å²) in [4.78, 5) is 14.7. The summed E-state index contributed by atoms with van der Waals surface area (Å²) in [7, 11) is 4.38. The van der Waals surface area contributed by atoms with Gasteiger partial charge in [-0.3, -0.25) is 9.13 Å². The van der Waals surface area contributed by atoms with Crippen molar-refractivity contribution in [3.05, 3.63) is 216 Å². The molecule has 3 saturated heterocycles. The Hall–Kier alpha value is -11.2. The summed E-state index contributed by atoms with van der Waals surface area (Å²) in [6, 6.07) is 54.0. The van der Waals surface area contributed by atoms with E-state index in [1.54, 1.807) is 12.1 Å². The Bertz CT molecular complexity index is 5090. The molecule has 18 nitrogen and oxygen atoms in total. The van der Waals surface area contributed by atoms with E-state index in [-0.39, 0.29) is 5.82 Å². The van der Waals surface area contributed by atoms with Gasteiger partial charge >= 0.3 is 0 Å². The fraction of sp³-hybridized carbons (Fsp3) is 0.300. The van der Waals surface area contributed by atoms with Gasteiger partial charge in [-0.2, -0.15) is 15.2 Å². The van der Waals surface area contributed by atoms with E-state index in [9.17, 15) is 4.39 Å². The van der Waals surface area contributed by atoms with E-state index in [0.717, 1.165) is 131 Å². The molecule has 12 aromatic rings. The van der Waals surface area contributed by atoms with Crippen molar-refractivity contribution in [3.8, 4) is 97.1 Å². The van der Waals surface area contributed by atoms with Crippen molar-refractivity contribution in [1.82, 2.24) is 63.1 Å². The van der Waals surface area contributed by atoms with Gasteiger partial charge in [0.25, 0.3) is 0 Å². The van der Waals surface area contributed by atoms with E-state index in [1.807, 2.05) is 65.7 Å². The third-order valence-corrected chi connectivity index (χ3v) is 21.8. The minimum atomic E-state index is -0.234. The van der Waals surface area contributed by atoms with Crippen molar-refractivity contribution in [1.29, 1.82) is 10.5 Å². The predicted molar refractivity (Wildman–Crippen MR) is 385 cm³/mol. The molecular weight excluding hydrogens is 1230 g/mol. The molecule has 99 heavy (non-hydrogen) atoms. The van der Waals surface area contributed by atoms with Crippen LogP contribution in [0.15, 0.2) is 177 Å². The molecule has 6 aromatic carbocycles. The SMILES string of the molecule is CCCC1CN(c2ccc3c(c2)Cn2cc(-c4ccc(F)cc4)cc2-c2nnnn2-3)C1.Cc1cnc2n1-c1ccc(N3CCC(N(C)C)CC3)cc1Cn1cc(-c3ccc(C#N)cc3)cc1-2.N#Cc1ccc(-c2cc3n(c2)Cc2cc(N4CC5(CCCC5)C4)ccc2-n2cnnc2-3)cc1. The minimum Gasteiger partial charge on any atom is -0.371 e. The van der Waals surface area contributed by atoms with Crippen LogP contribution in [-0.4, -0.2) is 123 Å². The van der Waals surface area contributed by atoms with Crippen LogP contribution in [0.25, 0.3) is 85.0 Å². The highest BCUT2D eigenvalue weighted by Gasteiger charge is 2.45. The van der Waals surface area contributed by atoms with E-state index in [0.29, 0.717) is 28.4 Å². The Labute approximate surface area is 575 Å². The van der Waals surface area contributed by atoms with Crippen LogP contribution in [0.4, 0.5) is 21.5 Å². The monoisotopic (exact) mass is 1310 g/mol. The number of piperidine rings is 1. The Morgan fingerprint density at radius 2 is 1.08 bits per heavy atom. The van der Waals surface area contributed by atoms with Gasteiger partial charge in [0.05, 0.1) is 57.4 Å². The lowest BCUT2D eigenvalue weighted by molar-refractivity contribution is 0.222. The number of nitriles is 2. The van der Waals surface area contributed by atoms with Crippen LogP contribution in [0, 0.1) is 46.7 Å². The van der Waals surface area contributed by atoms with Gasteiger partial charge in [0.1, 0.15) is 12.1 Å². The molecule has 494 valence electrons. The Balaban J connectivity index is 0.000000112. The minimum absolute atomic E-state index is 0.234. The molecule has 6 aromatic heterocycles. The third kappa shape index (κ3) is 11.3. The molecule has 0 radical (unpaired) electrons. The summed E-state index contributed by atoms with van der Waals surface area (Å²) in [6.45, 7) is 13.5. The molecule has 1 aliphatic carbocycles. The molecule has 0 unspecified atom stereocenters. The molecule has 1 saturated carbocycles. The first-order valence-corrected chi connectivity index (χ1v) is 34.8. The Morgan fingerprint density at radius 3 is 1.66 bits per heavy atom. The van der Waals surface area contributed by atoms with Crippen LogP contribution >= 0.6 is 0 Å². The lowest BCUT2D eigenvalue weighted by Crippen LogP contribution is -2.55. The molecular formula is C80H77FN18.